The summed E-state index contributed by atoms with van der Waals surface area (Å²) in [7, 11) is 0. The van der Waals surface area contributed by atoms with Crippen LogP contribution in [0.2, 0.25) is 0 Å². The number of rotatable bonds is 3. The number of nitrogens with two attached hydrogens (primary N) is 1. The van der Waals surface area contributed by atoms with Gasteiger partial charge in [0.1, 0.15) is 0 Å². The van der Waals surface area contributed by atoms with Crippen molar-refractivity contribution in [2.24, 2.45) is 5.73 Å². The van der Waals surface area contributed by atoms with Crippen molar-refractivity contribution in [3.8, 4) is 0 Å². The second-order valence-electron chi connectivity index (χ2n) is 3.77. The largest absolute Gasteiger partial charge is 0.377 e. The fourth-order valence-corrected chi connectivity index (χ4v) is 1.52. The Labute approximate surface area is 88.4 Å². The highest BCUT2D eigenvalue weighted by molar-refractivity contribution is 5.93. The van der Waals surface area contributed by atoms with Gasteiger partial charge < -0.3 is 15.8 Å². The Morgan fingerprint density at radius 1 is 1.53 bits per heavy atom. The van der Waals surface area contributed by atoms with Gasteiger partial charge in [-0.2, -0.15) is 0 Å². The summed E-state index contributed by atoms with van der Waals surface area (Å²) in [6.07, 6.45) is 0. The van der Waals surface area contributed by atoms with E-state index in [0.717, 1.165) is 24.5 Å². The molecule has 1 aromatic carbocycles. The van der Waals surface area contributed by atoms with Crippen molar-refractivity contribution in [2.75, 3.05) is 18.5 Å². The van der Waals surface area contributed by atoms with Gasteiger partial charge in [0.05, 0.1) is 19.3 Å². The summed E-state index contributed by atoms with van der Waals surface area (Å²) in [5.74, 6) is -0.392. The van der Waals surface area contributed by atoms with E-state index in [1.807, 2.05) is 13.0 Å². The third-order valence-electron chi connectivity index (χ3n) is 2.51. The SMILES string of the molecule is Cc1cc(C(N)=O)ccc1NC1COC1. The second kappa shape index (κ2) is 3.90. The molecule has 1 amide bonds. The van der Waals surface area contributed by atoms with Gasteiger partial charge in [-0.3, -0.25) is 4.79 Å². The summed E-state index contributed by atoms with van der Waals surface area (Å²) in [6.45, 7) is 3.45. The average molecular weight is 206 g/mol. The minimum Gasteiger partial charge on any atom is -0.377 e. The lowest BCUT2D eigenvalue weighted by Crippen LogP contribution is -2.40. The molecule has 1 aromatic rings. The zero-order valence-electron chi connectivity index (χ0n) is 8.62. The molecule has 1 aliphatic rings. The van der Waals surface area contributed by atoms with Crippen molar-refractivity contribution < 1.29 is 9.53 Å². The molecule has 0 spiro atoms. The normalized spacial score (nSPS) is 15.8. The molecule has 15 heavy (non-hydrogen) atoms. The van der Waals surface area contributed by atoms with Crippen LogP contribution >= 0.6 is 0 Å². The zero-order valence-corrected chi connectivity index (χ0v) is 8.62. The molecule has 0 radical (unpaired) electrons. The Morgan fingerprint density at radius 3 is 2.73 bits per heavy atom. The third kappa shape index (κ3) is 2.10. The molecule has 0 unspecified atom stereocenters. The van der Waals surface area contributed by atoms with Gasteiger partial charge in [0, 0.05) is 11.3 Å². The standard InChI is InChI=1S/C11H14N2O2/c1-7-4-8(11(12)14)2-3-10(7)13-9-5-15-6-9/h2-4,9,13H,5-6H2,1H3,(H2,12,14). The van der Waals surface area contributed by atoms with Crippen LogP contribution in [-0.4, -0.2) is 25.2 Å². The first-order chi connectivity index (χ1) is 7.16. The van der Waals surface area contributed by atoms with Crippen LogP contribution in [0.15, 0.2) is 18.2 Å². The van der Waals surface area contributed by atoms with E-state index in [-0.39, 0.29) is 0 Å². The van der Waals surface area contributed by atoms with Crippen LogP contribution in [0, 0.1) is 6.92 Å². The Morgan fingerprint density at radius 2 is 2.27 bits per heavy atom. The van der Waals surface area contributed by atoms with E-state index in [4.69, 9.17) is 10.5 Å². The van der Waals surface area contributed by atoms with Gasteiger partial charge in [-0.25, -0.2) is 0 Å². The molecule has 0 bridgehead atoms. The van der Waals surface area contributed by atoms with Crippen molar-refractivity contribution in [3.05, 3.63) is 29.3 Å². The van der Waals surface area contributed by atoms with Crippen LogP contribution in [0.5, 0.6) is 0 Å². The molecule has 0 aliphatic carbocycles. The summed E-state index contributed by atoms with van der Waals surface area (Å²) in [6, 6.07) is 5.80. The lowest BCUT2D eigenvalue weighted by Gasteiger charge is -2.28. The summed E-state index contributed by atoms with van der Waals surface area (Å²) < 4.78 is 5.07. The molecule has 2 rings (SSSR count). The summed E-state index contributed by atoms with van der Waals surface area (Å²) >= 11 is 0. The molecule has 4 nitrogen and oxygen atoms in total. The van der Waals surface area contributed by atoms with E-state index in [1.54, 1.807) is 12.1 Å². The predicted molar refractivity (Wildman–Crippen MR) is 57.9 cm³/mol. The summed E-state index contributed by atoms with van der Waals surface area (Å²) in [4.78, 5) is 10.9. The lowest BCUT2D eigenvalue weighted by atomic mass is 10.1. The van der Waals surface area contributed by atoms with Crippen molar-refractivity contribution >= 4 is 11.6 Å². The monoisotopic (exact) mass is 206 g/mol. The maximum atomic E-state index is 10.9. The van der Waals surface area contributed by atoms with Crippen LogP contribution < -0.4 is 11.1 Å². The van der Waals surface area contributed by atoms with Gasteiger partial charge in [0.2, 0.25) is 5.91 Å². The van der Waals surface area contributed by atoms with E-state index in [9.17, 15) is 4.79 Å². The second-order valence-corrected chi connectivity index (χ2v) is 3.77. The third-order valence-corrected chi connectivity index (χ3v) is 2.51. The summed E-state index contributed by atoms with van der Waals surface area (Å²) in [5.41, 5.74) is 7.80. The molecular formula is C11H14N2O2. The number of carbonyl (C=O) groups excluding carboxylic acids is 1. The number of nitrogens with one attached hydrogen (secondary N) is 1. The predicted octanol–water partition coefficient (Wildman–Crippen LogP) is 0.905. The molecule has 0 atom stereocenters. The summed E-state index contributed by atoms with van der Waals surface area (Å²) in [5, 5.41) is 3.34. The van der Waals surface area contributed by atoms with Gasteiger partial charge in [0.25, 0.3) is 0 Å². The Hall–Kier alpha value is -1.55. The van der Waals surface area contributed by atoms with Crippen LogP contribution in [0.25, 0.3) is 0 Å². The lowest BCUT2D eigenvalue weighted by molar-refractivity contribution is 0.0211. The highest BCUT2D eigenvalue weighted by Crippen LogP contribution is 2.19. The van der Waals surface area contributed by atoms with Gasteiger partial charge in [0.15, 0.2) is 0 Å². The Kier molecular flexibility index (Phi) is 2.60. The average Bonchev–Trinajstić information content (AvgIpc) is 2.12. The smallest absolute Gasteiger partial charge is 0.248 e. The number of carbonyl (C=O) groups is 1. The van der Waals surface area contributed by atoms with Crippen LogP contribution in [0.3, 0.4) is 0 Å². The van der Waals surface area contributed by atoms with Gasteiger partial charge in [-0.05, 0) is 30.7 Å². The first-order valence-corrected chi connectivity index (χ1v) is 4.91. The minimum absolute atomic E-state index is 0.392. The van der Waals surface area contributed by atoms with E-state index in [1.165, 1.54) is 0 Å². The minimum atomic E-state index is -0.392. The maximum absolute atomic E-state index is 10.9. The maximum Gasteiger partial charge on any atom is 0.248 e. The van der Waals surface area contributed by atoms with Gasteiger partial charge in [-0.15, -0.1) is 0 Å². The molecule has 0 saturated carbocycles. The topological polar surface area (TPSA) is 64.4 Å². The number of aryl methyl sites for hydroxylation is 1. The van der Waals surface area contributed by atoms with E-state index in [0.29, 0.717) is 11.6 Å². The molecular weight excluding hydrogens is 192 g/mol. The Bertz CT molecular complexity index is 386. The Balaban J connectivity index is 2.14. The highest BCUT2D eigenvalue weighted by Gasteiger charge is 2.18. The van der Waals surface area contributed by atoms with Crippen molar-refractivity contribution in [1.29, 1.82) is 0 Å². The first-order valence-electron chi connectivity index (χ1n) is 4.91. The zero-order chi connectivity index (χ0) is 10.8. The number of benzene rings is 1. The van der Waals surface area contributed by atoms with Crippen molar-refractivity contribution in [2.45, 2.75) is 13.0 Å². The van der Waals surface area contributed by atoms with Crippen LogP contribution in [0.1, 0.15) is 15.9 Å². The van der Waals surface area contributed by atoms with E-state index >= 15 is 0 Å². The van der Waals surface area contributed by atoms with Crippen LogP contribution in [-0.2, 0) is 4.74 Å². The number of hydrogen-bond acceptors (Lipinski definition) is 3. The molecule has 1 fully saturated rings. The molecule has 1 saturated heterocycles. The van der Waals surface area contributed by atoms with E-state index < -0.39 is 5.91 Å². The molecule has 1 heterocycles. The fourth-order valence-electron chi connectivity index (χ4n) is 1.52. The van der Waals surface area contributed by atoms with Crippen molar-refractivity contribution in [1.82, 2.24) is 0 Å². The number of anilines is 1. The fraction of sp³-hybridized carbons (Fsp3) is 0.364. The highest BCUT2D eigenvalue weighted by atomic mass is 16.5. The van der Waals surface area contributed by atoms with Crippen LogP contribution in [0.4, 0.5) is 5.69 Å². The number of ether oxygens (including phenoxy) is 1. The van der Waals surface area contributed by atoms with Gasteiger partial charge >= 0.3 is 0 Å². The van der Waals surface area contributed by atoms with Gasteiger partial charge in [-0.1, -0.05) is 0 Å². The molecule has 80 valence electrons. The number of primary amides is 1. The number of hydrogen-bond donors (Lipinski definition) is 2. The van der Waals surface area contributed by atoms with E-state index in [2.05, 4.69) is 5.32 Å². The number of amides is 1. The first kappa shape index (κ1) is 9.98. The molecule has 3 N–H and O–H groups in total. The molecule has 4 heteroatoms. The molecule has 0 aromatic heterocycles. The van der Waals surface area contributed by atoms with Crippen molar-refractivity contribution in [3.63, 3.8) is 0 Å². The quantitative estimate of drug-likeness (QED) is 0.772. The molecule has 1 aliphatic heterocycles.